The second-order valence-corrected chi connectivity index (χ2v) is 7.52. The van der Waals surface area contributed by atoms with E-state index in [1.165, 1.54) is 24.4 Å². The molecule has 1 N–H and O–H groups in total. The number of hydrogen-bond acceptors (Lipinski definition) is 4. The van der Waals surface area contributed by atoms with Crippen molar-refractivity contribution in [3.05, 3.63) is 45.3 Å². The first-order valence-corrected chi connectivity index (χ1v) is 7.99. The molecule has 2 rings (SSSR count). The number of benzene rings is 1. The average Bonchev–Trinajstić information content (AvgIpc) is 2.78. The van der Waals surface area contributed by atoms with Gasteiger partial charge in [0.25, 0.3) is 10.0 Å². The standard InChI is InChI=1S/C10H7Cl2FN2O2S2/c11-7-3-6(1-2-8(7)13)4-15-19(16,17)9-5-14-10(12)18-9/h1-3,5,15H,4H2. The number of nitrogens with one attached hydrogen (secondary N) is 1. The molecule has 0 aliphatic heterocycles. The molecule has 19 heavy (non-hydrogen) atoms. The summed E-state index contributed by atoms with van der Waals surface area (Å²) >= 11 is 12.0. The molecule has 0 saturated heterocycles. The number of aromatic nitrogens is 1. The Kier molecular flexibility index (Phi) is 4.42. The van der Waals surface area contributed by atoms with Gasteiger partial charge in [0.1, 0.15) is 5.82 Å². The fourth-order valence-electron chi connectivity index (χ4n) is 1.26. The second kappa shape index (κ2) is 5.72. The van der Waals surface area contributed by atoms with E-state index in [4.69, 9.17) is 23.2 Å². The quantitative estimate of drug-likeness (QED) is 0.930. The molecule has 0 aliphatic carbocycles. The number of thiazole rings is 1. The van der Waals surface area contributed by atoms with Crippen molar-refractivity contribution in [3.8, 4) is 0 Å². The van der Waals surface area contributed by atoms with Crippen LogP contribution in [0.5, 0.6) is 0 Å². The Morgan fingerprint density at radius 1 is 1.37 bits per heavy atom. The molecule has 0 amide bonds. The topological polar surface area (TPSA) is 59.1 Å². The van der Waals surface area contributed by atoms with Crippen molar-refractivity contribution in [1.82, 2.24) is 9.71 Å². The summed E-state index contributed by atoms with van der Waals surface area (Å²) in [5.74, 6) is -0.553. The number of hydrogen-bond donors (Lipinski definition) is 1. The van der Waals surface area contributed by atoms with Gasteiger partial charge in [-0.25, -0.2) is 22.5 Å². The maximum atomic E-state index is 12.9. The van der Waals surface area contributed by atoms with E-state index in [0.717, 1.165) is 11.3 Å². The van der Waals surface area contributed by atoms with E-state index < -0.39 is 15.8 Å². The van der Waals surface area contributed by atoms with Gasteiger partial charge in [0.15, 0.2) is 8.68 Å². The first-order valence-electron chi connectivity index (χ1n) is 4.93. The highest BCUT2D eigenvalue weighted by Gasteiger charge is 2.17. The van der Waals surface area contributed by atoms with Crippen LogP contribution in [0.15, 0.2) is 28.6 Å². The molecule has 102 valence electrons. The summed E-state index contributed by atoms with van der Waals surface area (Å²) in [6, 6.07) is 3.98. The summed E-state index contributed by atoms with van der Waals surface area (Å²) in [6.07, 6.45) is 1.17. The summed E-state index contributed by atoms with van der Waals surface area (Å²) in [5, 5.41) is -0.0578. The van der Waals surface area contributed by atoms with E-state index in [2.05, 4.69) is 9.71 Å². The van der Waals surface area contributed by atoms with Crippen LogP contribution in [0.1, 0.15) is 5.56 Å². The van der Waals surface area contributed by atoms with Crippen molar-refractivity contribution in [2.45, 2.75) is 10.8 Å². The largest absolute Gasteiger partial charge is 0.252 e. The van der Waals surface area contributed by atoms with Gasteiger partial charge in [-0.15, -0.1) is 0 Å². The number of sulfonamides is 1. The minimum atomic E-state index is -3.68. The lowest BCUT2D eigenvalue weighted by Gasteiger charge is -2.05. The van der Waals surface area contributed by atoms with Crippen LogP contribution in [0.2, 0.25) is 9.49 Å². The lowest BCUT2D eigenvalue weighted by molar-refractivity contribution is 0.583. The summed E-state index contributed by atoms with van der Waals surface area (Å²) < 4.78 is 39.2. The molecule has 0 unspecified atom stereocenters. The molecular formula is C10H7Cl2FN2O2S2. The second-order valence-electron chi connectivity index (χ2n) is 3.51. The summed E-state index contributed by atoms with van der Waals surface area (Å²) in [5.41, 5.74) is 0.547. The van der Waals surface area contributed by atoms with E-state index in [0.29, 0.717) is 5.56 Å². The van der Waals surface area contributed by atoms with Gasteiger partial charge in [0, 0.05) is 6.54 Å². The molecule has 1 aromatic carbocycles. The molecule has 1 heterocycles. The molecule has 0 bridgehead atoms. The summed E-state index contributed by atoms with van der Waals surface area (Å²) in [6.45, 7) is -0.00213. The predicted octanol–water partition coefficient (Wildman–Crippen LogP) is 3.07. The van der Waals surface area contributed by atoms with Gasteiger partial charge in [-0.1, -0.05) is 40.6 Å². The van der Waals surface area contributed by atoms with E-state index >= 15 is 0 Å². The maximum absolute atomic E-state index is 12.9. The van der Waals surface area contributed by atoms with Gasteiger partial charge in [-0.3, -0.25) is 0 Å². The summed E-state index contributed by atoms with van der Waals surface area (Å²) in [7, 11) is -3.68. The van der Waals surface area contributed by atoms with Gasteiger partial charge in [-0.05, 0) is 17.7 Å². The van der Waals surface area contributed by atoms with Crippen LogP contribution in [-0.4, -0.2) is 13.4 Å². The zero-order chi connectivity index (χ0) is 14.0. The average molecular weight is 341 g/mol. The fourth-order valence-corrected chi connectivity index (χ4v) is 3.82. The maximum Gasteiger partial charge on any atom is 0.252 e. The van der Waals surface area contributed by atoms with Crippen molar-refractivity contribution < 1.29 is 12.8 Å². The molecule has 0 saturated carbocycles. The van der Waals surface area contributed by atoms with E-state index in [9.17, 15) is 12.8 Å². The van der Waals surface area contributed by atoms with Crippen molar-refractivity contribution in [1.29, 1.82) is 0 Å². The van der Waals surface area contributed by atoms with Crippen LogP contribution in [0.25, 0.3) is 0 Å². The van der Waals surface area contributed by atoms with Crippen molar-refractivity contribution in [3.63, 3.8) is 0 Å². The minimum Gasteiger partial charge on any atom is -0.232 e. The fraction of sp³-hybridized carbons (Fsp3) is 0.100. The van der Waals surface area contributed by atoms with E-state index in [1.54, 1.807) is 0 Å². The Labute approximate surface area is 123 Å². The first-order chi connectivity index (χ1) is 8.88. The Balaban J connectivity index is 2.11. The highest BCUT2D eigenvalue weighted by atomic mass is 35.5. The van der Waals surface area contributed by atoms with Gasteiger partial charge < -0.3 is 0 Å². The molecule has 0 atom stereocenters. The third-order valence-electron chi connectivity index (χ3n) is 2.17. The molecule has 0 fully saturated rings. The zero-order valence-electron chi connectivity index (χ0n) is 9.23. The van der Waals surface area contributed by atoms with Gasteiger partial charge in [0.2, 0.25) is 0 Å². The van der Waals surface area contributed by atoms with Crippen LogP contribution in [0.3, 0.4) is 0 Å². The number of rotatable bonds is 4. The molecule has 0 radical (unpaired) electrons. The van der Waals surface area contributed by atoms with E-state index in [-0.39, 0.29) is 20.2 Å². The molecule has 0 spiro atoms. The molecule has 2 aromatic rings. The zero-order valence-corrected chi connectivity index (χ0v) is 12.4. The SMILES string of the molecule is O=S(=O)(NCc1ccc(F)c(Cl)c1)c1cnc(Cl)s1. The highest BCUT2D eigenvalue weighted by molar-refractivity contribution is 7.91. The van der Waals surface area contributed by atoms with Crippen molar-refractivity contribution >= 4 is 44.6 Å². The molecule has 9 heteroatoms. The smallest absolute Gasteiger partial charge is 0.232 e. The number of halogens is 3. The van der Waals surface area contributed by atoms with Crippen LogP contribution in [0, 0.1) is 5.82 Å². The molecule has 4 nitrogen and oxygen atoms in total. The van der Waals surface area contributed by atoms with E-state index in [1.807, 2.05) is 0 Å². The molecular weight excluding hydrogens is 334 g/mol. The first kappa shape index (κ1) is 14.7. The van der Waals surface area contributed by atoms with Gasteiger partial charge in [-0.2, -0.15) is 0 Å². The lowest BCUT2D eigenvalue weighted by atomic mass is 10.2. The van der Waals surface area contributed by atoms with Gasteiger partial charge >= 0.3 is 0 Å². The van der Waals surface area contributed by atoms with Crippen LogP contribution >= 0.6 is 34.5 Å². The third kappa shape index (κ3) is 3.64. The minimum absolute atomic E-state index is 0.00213. The Bertz CT molecular complexity index is 703. The Morgan fingerprint density at radius 3 is 2.68 bits per heavy atom. The van der Waals surface area contributed by atoms with Crippen LogP contribution in [-0.2, 0) is 16.6 Å². The highest BCUT2D eigenvalue weighted by Crippen LogP contribution is 2.22. The number of nitrogens with zero attached hydrogens (tertiary/aromatic N) is 1. The van der Waals surface area contributed by atoms with Crippen LogP contribution < -0.4 is 4.72 Å². The monoisotopic (exact) mass is 340 g/mol. The van der Waals surface area contributed by atoms with Crippen LogP contribution in [0.4, 0.5) is 4.39 Å². The normalized spacial score (nSPS) is 11.7. The molecule has 1 aromatic heterocycles. The molecule has 0 aliphatic rings. The van der Waals surface area contributed by atoms with Crippen molar-refractivity contribution in [2.24, 2.45) is 0 Å². The lowest BCUT2D eigenvalue weighted by Crippen LogP contribution is -2.22. The van der Waals surface area contributed by atoms with Gasteiger partial charge in [0.05, 0.1) is 11.2 Å². The predicted molar refractivity (Wildman–Crippen MR) is 72.6 cm³/mol. The summed E-state index contributed by atoms with van der Waals surface area (Å²) in [4.78, 5) is 3.66. The van der Waals surface area contributed by atoms with Crippen molar-refractivity contribution in [2.75, 3.05) is 0 Å². The Hall–Kier alpha value is -0.730. The Morgan fingerprint density at radius 2 is 2.11 bits per heavy atom. The third-order valence-corrected chi connectivity index (χ3v) is 5.44.